The average molecular weight is 192 g/mol. The van der Waals surface area contributed by atoms with Crippen molar-refractivity contribution in [1.29, 1.82) is 0 Å². The van der Waals surface area contributed by atoms with Crippen LogP contribution < -0.4 is 0 Å². The van der Waals surface area contributed by atoms with Crippen LogP contribution in [0.3, 0.4) is 0 Å². The molecule has 0 spiro atoms. The Morgan fingerprint density at radius 1 is 0.429 bits per heavy atom. The predicted molar refractivity (Wildman–Crippen MR) is 60.1 cm³/mol. The minimum absolute atomic E-state index is 1.16. The van der Waals surface area contributed by atoms with Crippen LogP contribution in [0.1, 0.15) is 64.2 Å². The summed E-state index contributed by atoms with van der Waals surface area (Å²) in [5.41, 5.74) is 0. The molecule has 0 heteroatoms. The summed E-state index contributed by atoms with van der Waals surface area (Å²) in [5, 5.41) is 0. The van der Waals surface area contributed by atoms with E-state index in [1.165, 1.54) is 11.8 Å². The number of hydrogen-bond acceptors (Lipinski definition) is 0. The summed E-state index contributed by atoms with van der Waals surface area (Å²) < 4.78 is 0. The monoisotopic (exact) mass is 192 g/mol. The highest BCUT2D eigenvalue weighted by atomic mass is 14.5. The molecule has 0 aromatic carbocycles. The van der Waals surface area contributed by atoms with Gasteiger partial charge in [-0.25, -0.2) is 0 Å². The topological polar surface area (TPSA) is 0 Å². The Morgan fingerprint density at radius 3 is 1.36 bits per heavy atom. The van der Waals surface area contributed by atoms with Crippen molar-refractivity contribution in [1.82, 2.24) is 0 Å². The Balaban J connectivity index is 1.74. The van der Waals surface area contributed by atoms with E-state index in [1.54, 1.807) is 64.2 Å². The second kappa shape index (κ2) is 3.87. The molecule has 0 aromatic heterocycles. The van der Waals surface area contributed by atoms with E-state index in [4.69, 9.17) is 0 Å². The van der Waals surface area contributed by atoms with E-state index in [9.17, 15) is 0 Å². The van der Waals surface area contributed by atoms with E-state index in [2.05, 4.69) is 0 Å². The second-order valence-electron chi connectivity index (χ2n) is 5.99. The highest BCUT2D eigenvalue weighted by Gasteiger charge is 2.40. The highest BCUT2D eigenvalue weighted by Crippen LogP contribution is 2.51. The zero-order chi connectivity index (χ0) is 9.38. The van der Waals surface area contributed by atoms with Crippen LogP contribution in [-0.2, 0) is 0 Å². The Labute approximate surface area is 88.5 Å². The highest BCUT2D eigenvalue weighted by molar-refractivity contribution is 4.91. The van der Waals surface area contributed by atoms with Crippen LogP contribution in [0.2, 0.25) is 0 Å². The summed E-state index contributed by atoms with van der Waals surface area (Å²) in [6.07, 6.45) is 15.7. The SMILES string of the molecule is C1CCC2C(C1)CC[C@@H]1CCCCC21. The molecule has 4 atom stereocenters. The maximum atomic E-state index is 1.59. The lowest BCUT2D eigenvalue weighted by Gasteiger charge is -2.48. The summed E-state index contributed by atoms with van der Waals surface area (Å²) in [6.45, 7) is 0. The number of rotatable bonds is 0. The standard InChI is InChI=1S/C14H24/c1-3-7-13-11(5-1)9-10-12-6-2-4-8-14(12)13/h11-14H,1-10H2/t11-,12?,13?,14?/m0/s1. The largest absolute Gasteiger partial charge is 0.0530 e. The third-order valence-electron chi connectivity index (χ3n) is 5.39. The Kier molecular flexibility index (Phi) is 2.55. The predicted octanol–water partition coefficient (Wildman–Crippen LogP) is 4.39. The fourth-order valence-electron chi connectivity index (χ4n) is 4.74. The van der Waals surface area contributed by atoms with Gasteiger partial charge in [0.2, 0.25) is 0 Å². The average Bonchev–Trinajstić information content (AvgIpc) is 2.29. The lowest BCUT2D eigenvalue weighted by molar-refractivity contribution is 0.0278. The Morgan fingerprint density at radius 2 is 0.857 bits per heavy atom. The van der Waals surface area contributed by atoms with E-state index < -0.39 is 0 Å². The van der Waals surface area contributed by atoms with Crippen molar-refractivity contribution < 1.29 is 0 Å². The lowest BCUT2D eigenvalue weighted by atomic mass is 9.58. The molecule has 14 heavy (non-hydrogen) atoms. The molecule has 0 N–H and O–H groups in total. The Bertz CT molecular complexity index is 174. The van der Waals surface area contributed by atoms with Crippen molar-refractivity contribution in [3.8, 4) is 0 Å². The summed E-state index contributed by atoms with van der Waals surface area (Å²) in [6, 6.07) is 0. The molecule has 3 rings (SSSR count). The van der Waals surface area contributed by atoms with Crippen molar-refractivity contribution in [3.63, 3.8) is 0 Å². The fraction of sp³-hybridized carbons (Fsp3) is 1.00. The van der Waals surface area contributed by atoms with Gasteiger partial charge in [-0.3, -0.25) is 0 Å². The molecule has 0 heterocycles. The fourth-order valence-corrected chi connectivity index (χ4v) is 4.74. The van der Waals surface area contributed by atoms with Gasteiger partial charge in [-0.05, 0) is 49.4 Å². The van der Waals surface area contributed by atoms with E-state index >= 15 is 0 Å². The van der Waals surface area contributed by atoms with E-state index in [0.717, 1.165) is 11.8 Å². The first kappa shape index (κ1) is 9.24. The van der Waals surface area contributed by atoms with Gasteiger partial charge in [0, 0.05) is 0 Å². The van der Waals surface area contributed by atoms with Crippen molar-refractivity contribution in [2.75, 3.05) is 0 Å². The van der Waals surface area contributed by atoms with Gasteiger partial charge in [0.15, 0.2) is 0 Å². The van der Waals surface area contributed by atoms with Gasteiger partial charge in [-0.2, -0.15) is 0 Å². The van der Waals surface area contributed by atoms with Gasteiger partial charge >= 0.3 is 0 Å². The third-order valence-corrected chi connectivity index (χ3v) is 5.39. The zero-order valence-electron chi connectivity index (χ0n) is 9.38. The van der Waals surface area contributed by atoms with E-state index in [-0.39, 0.29) is 0 Å². The van der Waals surface area contributed by atoms with Gasteiger partial charge < -0.3 is 0 Å². The van der Waals surface area contributed by atoms with Crippen LogP contribution in [0.25, 0.3) is 0 Å². The first-order valence-corrected chi connectivity index (χ1v) is 6.95. The van der Waals surface area contributed by atoms with Gasteiger partial charge in [-0.15, -0.1) is 0 Å². The minimum atomic E-state index is 1.16. The molecule has 0 amide bonds. The molecule has 3 aliphatic carbocycles. The summed E-state index contributed by atoms with van der Waals surface area (Å²) >= 11 is 0. The van der Waals surface area contributed by atoms with Gasteiger partial charge in [-0.1, -0.05) is 38.5 Å². The maximum Gasteiger partial charge on any atom is -0.0355 e. The van der Waals surface area contributed by atoms with Crippen LogP contribution in [0.4, 0.5) is 0 Å². The van der Waals surface area contributed by atoms with Crippen LogP contribution in [-0.4, -0.2) is 0 Å². The molecule has 0 saturated heterocycles. The van der Waals surface area contributed by atoms with Crippen molar-refractivity contribution >= 4 is 0 Å². The normalized spacial score (nSPS) is 48.0. The maximum absolute atomic E-state index is 1.59. The molecule has 3 saturated carbocycles. The molecule has 3 unspecified atom stereocenters. The molecule has 0 nitrogen and oxygen atoms in total. The quantitative estimate of drug-likeness (QED) is 0.534. The van der Waals surface area contributed by atoms with Crippen molar-refractivity contribution in [3.05, 3.63) is 0 Å². The number of fused-ring (bicyclic) bond motifs is 3. The smallest absolute Gasteiger partial charge is 0.0355 e. The molecule has 0 bridgehead atoms. The lowest BCUT2D eigenvalue weighted by Crippen LogP contribution is -2.38. The van der Waals surface area contributed by atoms with Gasteiger partial charge in [0.1, 0.15) is 0 Å². The molecule has 3 fully saturated rings. The van der Waals surface area contributed by atoms with Gasteiger partial charge in [0.05, 0.1) is 0 Å². The summed E-state index contributed by atoms with van der Waals surface area (Å²) in [7, 11) is 0. The number of hydrogen-bond donors (Lipinski definition) is 0. The van der Waals surface area contributed by atoms with Crippen LogP contribution in [0.15, 0.2) is 0 Å². The van der Waals surface area contributed by atoms with Crippen molar-refractivity contribution in [2.45, 2.75) is 64.2 Å². The minimum Gasteiger partial charge on any atom is -0.0530 e. The van der Waals surface area contributed by atoms with Crippen LogP contribution in [0.5, 0.6) is 0 Å². The Hall–Kier alpha value is 0. The van der Waals surface area contributed by atoms with E-state index in [1.807, 2.05) is 0 Å². The van der Waals surface area contributed by atoms with Crippen LogP contribution in [0, 0.1) is 23.7 Å². The summed E-state index contributed by atoms with van der Waals surface area (Å²) in [5.74, 6) is 4.65. The molecule has 3 aliphatic rings. The third kappa shape index (κ3) is 1.51. The molecular weight excluding hydrogens is 168 g/mol. The molecule has 0 radical (unpaired) electrons. The molecule has 0 aromatic rings. The summed E-state index contributed by atoms with van der Waals surface area (Å²) in [4.78, 5) is 0. The zero-order valence-corrected chi connectivity index (χ0v) is 9.38. The first-order chi connectivity index (χ1) is 6.95. The molecular formula is C14H24. The van der Waals surface area contributed by atoms with Crippen LogP contribution >= 0.6 is 0 Å². The second-order valence-corrected chi connectivity index (χ2v) is 5.99. The molecule has 0 aliphatic heterocycles. The first-order valence-electron chi connectivity index (χ1n) is 6.95. The van der Waals surface area contributed by atoms with Crippen molar-refractivity contribution in [2.24, 2.45) is 23.7 Å². The van der Waals surface area contributed by atoms with E-state index in [0.29, 0.717) is 0 Å². The molecule has 80 valence electrons. The van der Waals surface area contributed by atoms with Gasteiger partial charge in [0.25, 0.3) is 0 Å².